The highest BCUT2D eigenvalue weighted by Gasteiger charge is 2.34. The number of hydrogen-bond acceptors (Lipinski definition) is 5. The quantitative estimate of drug-likeness (QED) is 0.170. The van der Waals surface area contributed by atoms with E-state index in [2.05, 4.69) is 33.8 Å². The van der Waals surface area contributed by atoms with E-state index < -0.39 is 0 Å². The largest absolute Gasteiger partial charge is 0.396 e. The third-order valence-electron chi connectivity index (χ3n) is 4.98. The van der Waals surface area contributed by atoms with E-state index in [1.54, 1.807) is 7.05 Å². The molecular weight excluding hydrogens is 485 g/mol. The maximum atomic E-state index is 9.35. The molecule has 3 N–H and O–H groups in total. The van der Waals surface area contributed by atoms with E-state index in [1.807, 2.05) is 13.0 Å². The number of nitrogens with zero attached hydrogens (tertiary/aromatic N) is 1. The Morgan fingerprint density at radius 3 is 2.72 bits per heavy atom. The van der Waals surface area contributed by atoms with Crippen molar-refractivity contribution >= 4 is 29.9 Å². The third-order valence-corrected chi connectivity index (χ3v) is 4.98. The van der Waals surface area contributed by atoms with Crippen molar-refractivity contribution in [2.75, 3.05) is 53.2 Å². The lowest BCUT2D eigenvalue weighted by Crippen LogP contribution is -2.44. The molecule has 1 aromatic rings. The van der Waals surface area contributed by atoms with Crippen molar-refractivity contribution < 1.29 is 19.3 Å². The zero-order valence-electron chi connectivity index (χ0n) is 17.6. The maximum Gasteiger partial charge on any atom is 0.191 e. The van der Waals surface area contributed by atoms with E-state index in [1.165, 1.54) is 5.56 Å². The molecule has 166 valence electrons. The number of benzene rings is 1. The van der Waals surface area contributed by atoms with E-state index in [4.69, 9.17) is 14.2 Å². The van der Waals surface area contributed by atoms with Crippen molar-refractivity contribution in [3.63, 3.8) is 0 Å². The van der Waals surface area contributed by atoms with E-state index in [9.17, 15) is 5.11 Å². The van der Waals surface area contributed by atoms with Gasteiger partial charge in [0.05, 0.1) is 26.4 Å². The van der Waals surface area contributed by atoms with Crippen LogP contribution in [-0.4, -0.2) is 64.3 Å². The van der Waals surface area contributed by atoms with Crippen LogP contribution in [0.2, 0.25) is 0 Å². The summed E-state index contributed by atoms with van der Waals surface area (Å²) in [7, 11) is 1.77. The van der Waals surface area contributed by atoms with Crippen LogP contribution in [0.1, 0.15) is 30.9 Å². The molecule has 29 heavy (non-hydrogen) atoms. The molecule has 2 rings (SSSR count). The molecule has 0 aliphatic carbocycles. The minimum atomic E-state index is -0.00881. The molecule has 1 saturated heterocycles. The molecule has 0 spiro atoms. The number of aliphatic imine (C=N–C) groups is 1. The Morgan fingerprint density at radius 2 is 2.03 bits per heavy atom. The fourth-order valence-electron chi connectivity index (χ4n) is 3.27. The Balaban J connectivity index is 0.00000420. The number of aliphatic hydroxyl groups is 1. The van der Waals surface area contributed by atoms with Crippen molar-refractivity contribution in [2.45, 2.75) is 32.9 Å². The first-order valence-corrected chi connectivity index (χ1v) is 10.1. The van der Waals surface area contributed by atoms with Gasteiger partial charge in [-0.3, -0.25) is 4.99 Å². The maximum absolute atomic E-state index is 9.35. The highest BCUT2D eigenvalue weighted by Crippen LogP contribution is 2.31. The summed E-state index contributed by atoms with van der Waals surface area (Å²) in [5.74, 6) is 0.752. The molecule has 1 fully saturated rings. The summed E-state index contributed by atoms with van der Waals surface area (Å²) in [6.07, 6.45) is 1.70. The van der Waals surface area contributed by atoms with Gasteiger partial charge in [-0.2, -0.15) is 0 Å². The molecule has 0 saturated carbocycles. The molecule has 1 unspecified atom stereocenters. The molecular formula is C21H36IN3O4. The number of halogens is 1. The van der Waals surface area contributed by atoms with Crippen LogP contribution in [-0.2, 0) is 27.4 Å². The van der Waals surface area contributed by atoms with Gasteiger partial charge in [-0.1, -0.05) is 24.3 Å². The molecule has 1 atom stereocenters. The normalized spacial score (nSPS) is 19.1. The highest BCUT2D eigenvalue weighted by molar-refractivity contribution is 14.0. The molecule has 0 radical (unpaired) electrons. The summed E-state index contributed by atoms with van der Waals surface area (Å²) in [4.78, 5) is 4.31. The summed E-state index contributed by atoms with van der Waals surface area (Å²) in [6, 6.07) is 8.33. The van der Waals surface area contributed by atoms with Crippen LogP contribution >= 0.6 is 24.0 Å². The molecule has 8 heteroatoms. The van der Waals surface area contributed by atoms with Crippen LogP contribution in [0.3, 0.4) is 0 Å². The van der Waals surface area contributed by atoms with Gasteiger partial charge in [0.15, 0.2) is 5.96 Å². The van der Waals surface area contributed by atoms with E-state index in [0.717, 1.165) is 37.5 Å². The average Bonchev–Trinajstić information content (AvgIpc) is 3.17. The number of ether oxygens (including phenoxy) is 3. The van der Waals surface area contributed by atoms with Gasteiger partial charge in [-0.05, 0) is 30.9 Å². The van der Waals surface area contributed by atoms with Crippen LogP contribution in [0.4, 0.5) is 0 Å². The first-order valence-electron chi connectivity index (χ1n) is 10.1. The van der Waals surface area contributed by atoms with Crippen LogP contribution < -0.4 is 10.6 Å². The van der Waals surface area contributed by atoms with Gasteiger partial charge in [-0.15, -0.1) is 24.0 Å². The molecule has 1 aliphatic rings. The van der Waals surface area contributed by atoms with E-state index >= 15 is 0 Å². The van der Waals surface area contributed by atoms with Gasteiger partial charge >= 0.3 is 0 Å². The van der Waals surface area contributed by atoms with E-state index in [0.29, 0.717) is 39.6 Å². The van der Waals surface area contributed by atoms with Gasteiger partial charge < -0.3 is 30.0 Å². The van der Waals surface area contributed by atoms with Gasteiger partial charge in [0.1, 0.15) is 0 Å². The van der Waals surface area contributed by atoms with Crippen LogP contribution in [0, 0.1) is 5.41 Å². The van der Waals surface area contributed by atoms with Crippen LogP contribution in [0.15, 0.2) is 29.3 Å². The van der Waals surface area contributed by atoms with Crippen molar-refractivity contribution in [1.82, 2.24) is 10.6 Å². The zero-order valence-corrected chi connectivity index (χ0v) is 19.9. The molecule has 0 amide bonds. The number of nitrogens with one attached hydrogen (secondary N) is 2. The first kappa shape index (κ1) is 26.1. The Morgan fingerprint density at radius 1 is 1.24 bits per heavy atom. The summed E-state index contributed by atoms with van der Waals surface area (Å²) in [5.41, 5.74) is 2.30. The second-order valence-corrected chi connectivity index (χ2v) is 7.12. The van der Waals surface area contributed by atoms with Crippen molar-refractivity contribution in [3.8, 4) is 0 Å². The molecule has 7 nitrogen and oxygen atoms in total. The standard InChI is InChI=1S/C21H35N3O4.HI/c1-3-26-11-12-27-15-19-6-4-5-18(13-19)14-23-20(22-2)24-16-21(7-9-25)8-10-28-17-21;/h4-6,13,25H,3,7-12,14-17H2,1-2H3,(H2,22,23,24);1H. The monoisotopic (exact) mass is 521 g/mol. The van der Waals surface area contributed by atoms with Gasteiger partial charge in [-0.25, -0.2) is 0 Å². The highest BCUT2D eigenvalue weighted by atomic mass is 127. The zero-order chi connectivity index (χ0) is 20.1. The Bertz CT molecular complexity index is 595. The molecule has 1 aliphatic heterocycles. The first-order chi connectivity index (χ1) is 13.7. The van der Waals surface area contributed by atoms with Crippen LogP contribution in [0.5, 0.6) is 0 Å². The summed E-state index contributed by atoms with van der Waals surface area (Å²) in [6.45, 7) is 7.54. The second kappa shape index (κ2) is 15.0. The number of rotatable bonds is 12. The molecule has 1 heterocycles. The minimum absolute atomic E-state index is 0. The van der Waals surface area contributed by atoms with Crippen molar-refractivity contribution in [2.24, 2.45) is 10.4 Å². The Hall–Kier alpha value is -0.940. The lowest BCUT2D eigenvalue weighted by molar-refractivity contribution is 0.0453. The minimum Gasteiger partial charge on any atom is -0.396 e. The Kier molecular flexibility index (Phi) is 13.5. The lowest BCUT2D eigenvalue weighted by Gasteiger charge is -2.27. The number of guanidine groups is 1. The van der Waals surface area contributed by atoms with Crippen molar-refractivity contribution in [3.05, 3.63) is 35.4 Å². The fraction of sp³-hybridized carbons (Fsp3) is 0.667. The Labute approximate surface area is 191 Å². The van der Waals surface area contributed by atoms with Gasteiger partial charge in [0, 0.05) is 45.4 Å². The lowest BCUT2D eigenvalue weighted by atomic mass is 9.84. The number of aliphatic hydroxyl groups excluding tert-OH is 1. The number of hydrogen-bond donors (Lipinski definition) is 3. The smallest absolute Gasteiger partial charge is 0.191 e. The third kappa shape index (κ3) is 9.61. The van der Waals surface area contributed by atoms with Crippen molar-refractivity contribution in [1.29, 1.82) is 0 Å². The average molecular weight is 521 g/mol. The molecule has 0 bridgehead atoms. The SMILES string of the molecule is CCOCCOCc1cccc(CNC(=NC)NCC2(CCO)CCOC2)c1.I. The predicted octanol–water partition coefficient (Wildman–Crippen LogP) is 2.31. The predicted molar refractivity (Wildman–Crippen MR) is 126 cm³/mol. The topological polar surface area (TPSA) is 84.3 Å². The molecule has 0 aromatic heterocycles. The second-order valence-electron chi connectivity index (χ2n) is 7.12. The van der Waals surface area contributed by atoms with Gasteiger partial charge in [0.2, 0.25) is 0 Å². The fourth-order valence-corrected chi connectivity index (χ4v) is 3.27. The summed E-state index contributed by atoms with van der Waals surface area (Å²) < 4.78 is 16.5. The molecule has 1 aromatic carbocycles. The summed E-state index contributed by atoms with van der Waals surface area (Å²) in [5, 5.41) is 16.1. The summed E-state index contributed by atoms with van der Waals surface area (Å²) >= 11 is 0. The van der Waals surface area contributed by atoms with Gasteiger partial charge in [0.25, 0.3) is 0 Å². The van der Waals surface area contributed by atoms with E-state index in [-0.39, 0.29) is 36.0 Å². The van der Waals surface area contributed by atoms with Crippen LogP contribution in [0.25, 0.3) is 0 Å².